The molecule has 21 heavy (non-hydrogen) atoms. The number of rotatable bonds is 5. The fraction of sp³-hybridized carbons (Fsp3) is 0.188. The minimum Gasteiger partial charge on any atom is -0.478 e. The molecule has 1 aromatic heterocycles. The van der Waals surface area contributed by atoms with E-state index in [-0.39, 0.29) is 11.5 Å². The Labute approximate surface area is 122 Å². The minimum absolute atomic E-state index is 0.0904. The topological polar surface area (TPSA) is 79.3 Å². The van der Waals surface area contributed by atoms with Crippen molar-refractivity contribution in [3.8, 4) is 0 Å². The number of benzene rings is 1. The van der Waals surface area contributed by atoms with Crippen molar-refractivity contribution in [2.24, 2.45) is 0 Å². The lowest BCUT2D eigenvalue weighted by molar-refractivity contribution is -0.116. The average Bonchev–Trinajstić information content (AvgIpc) is 2.47. The summed E-state index contributed by atoms with van der Waals surface area (Å²) >= 11 is 0. The van der Waals surface area contributed by atoms with Gasteiger partial charge in [0.25, 0.3) is 0 Å². The molecule has 0 saturated heterocycles. The SMILES string of the molecule is Cc1ccc(CCC(=O)Nc2ccc(C(=O)O)cn2)cc1. The number of nitrogens with one attached hydrogen (secondary N) is 1. The average molecular weight is 284 g/mol. The number of carboxylic acid groups (broad SMARTS) is 1. The molecule has 0 atom stereocenters. The molecule has 0 bridgehead atoms. The number of amides is 1. The number of pyridine rings is 1. The van der Waals surface area contributed by atoms with Crippen LogP contribution in [-0.2, 0) is 11.2 Å². The molecule has 108 valence electrons. The third kappa shape index (κ3) is 4.42. The van der Waals surface area contributed by atoms with Crippen LogP contribution in [-0.4, -0.2) is 22.0 Å². The molecule has 5 heteroatoms. The van der Waals surface area contributed by atoms with E-state index < -0.39 is 5.97 Å². The molecule has 0 fully saturated rings. The molecule has 0 aliphatic heterocycles. The van der Waals surface area contributed by atoms with E-state index in [0.29, 0.717) is 18.7 Å². The Hall–Kier alpha value is -2.69. The Kier molecular flexibility index (Phi) is 4.66. The van der Waals surface area contributed by atoms with Gasteiger partial charge in [-0.1, -0.05) is 29.8 Å². The molecule has 1 amide bonds. The molecule has 2 N–H and O–H groups in total. The van der Waals surface area contributed by atoms with Crippen molar-refractivity contribution < 1.29 is 14.7 Å². The predicted octanol–water partition coefficient (Wildman–Crippen LogP) is 2.66. The number of hydrogen-bond donors (Lipinski definition) is 2. The number of carboxylic acids is 1. The van der Waals surface area contributed by atoms with E-state index in [9.17, 15) is 9.59 Å². The summed E-state index contributed by atoms with van der Waals surface area (Å²) in [6, 6.07) is 10.9. The van der Waals surface area contributed by atoms with Crippen LogP contribution in [0.15, 0.2) is 42.6 Å². The number of aromatic carboxylic acids is 1. The summed E-state index contributed by atoms with van der Waals surface area (Å²) in [5.41, 5.74) is 2.38. The number of carbonyl (C=O) groups is 2. The summed E-state index contributed by atoms with van der Waals surface area (Å²) in [4.78, 5) is 26.4. The fourth-order valence-corrected chi connectivity index (χ4v) is 1.81. The maximum absolute atomic E-state index is 11.8. The fourth-order valence-electron chi connectivity index (χ4n) is 1.81. The van der Waals surface area contributed by atoms with Gasteiger partial charge >= 0.3 is 5.97 Å². The maximum Gasteiger partial charge on any atom is 0.337 e. The van der Waals surface area contributed by atoms with Crippen molar-refractivity contribution in [3.05, 3.63) is 59.3 Å². The van der Waals surface area contributed by atoms with Gasteiger partial charge in [0.1, 0.15) is 5.82 Å². The lowest BCUT2D eigenvalue weighted by Crippen LogP contribution is -2.13. The Morgan fingerprint density at radius 2 is 1.86 bits per heavy atom. The second kappa shape index (κ2) is 6.65. The molecule has 2 aromatic rings. The van der Waals surface area contributed by atoms with Crippen LogP contribution in [0.4, 0.5) is 5.82 Å². The van der Waals surface area contributed by atoms with E-state index >= 15 is 0 Å². The molecule has 1 aromatic carbocycles. The summed E-state index contributed by atoms with van der Waals surface area (Å²) in [6.45, 7) is 2.02. The number of anilines is 1. The standard InChI is InChI=1S/C16H16N2O3/c1-11-2-4-12(5-3-11)6-9-15(19)18-14-8-7-13(10-17-14)16(20)21/h2-5,7-8,10H,6,9H2,1H3,(H,20,21)(H,17,18,19). The summed E-state index contributed by atoms with van der Waals surface area (Å²) in [7, 11) is 0. The van der Waals surface area contributed by atoms with Gasteiger partial charge in [-0.15, -0.1) is 0 Å². The summed E-state index contributed by atoms with van der Waals surface area (Å²) in [6.07, 6.45) is 2.22. The molecular formula is C16H16N2O3. The van der Waals surface area contributed by atoms with Crippen LogP contribution in [0.25, 0.3) is 0 Å². The highest BCUT2D eigenvalue weighted by Crippen LogP contribution is 2.08. The van der Waals surface area contributed by atoms with Gasteiger partial charge in [0.05, 0.1) is 5.56 Å². The molecule has 0 unspecified atom stereocenters. The van der Waals surface area contributed by atoms with E-state index in [0.717, 1.165) is 5.56 Å². The first-order valence-electron chi connectivity index (χ1n) is 6.59. The molecule has 5 nitrogen and oxygen atoms in total. The van der Waals surface area contributed by atoms with Crippen molar-refractivity contribution in [2.45, 2.75) is 19.8 Å². The molecule has 0 saturated carbocycles. The Bertz CT molecular complexity index is 634. The van der Waals surface area contributed by atoms with Crippen molar-refractivity contribution in [3.63, 3.8) is 0 Å². The van der Waals surface area contributed by atoms with Gasteiger partial charge in [0.2, 0.25) is 5.91 Å². The number of aromatic nitrogens is 1. The highest BCUT2D eigenvalue weighted by molar-refractivity contribution is 5.91. The van der Waals surface area contributed by atoms with Gasteiger partial charge in [0.15, 0.2) is 0 Å². The molecule has 2 rings (SSSR count). The maximum atomic E-state index is 11.8. The van der Waals surface area contributed by atoms with Crippen molar-refractivity contribution in [1.29, 1.82) is 0 Å². The molecule has 0 aliphatic carbocycles. The second-order valence-electron chi connectivity index (χ2n) is 4.77. The zero-order valence-electron chi connectivity index (χ0n) is 11.7. The third-order valence-electron chi connectivity index (χ3n) is 3.04. The normalized spacial score (nSPS) is 10.1. The van der Waals surface area contributed by atoms with Crippen LogP contribution in [0.3, 0.4) is 0 Å². The molecule has 0 spiro atoms. The number of nitrogens with zero attached hydrogens (tertiary/aromatic N) is 1. The van der Waals surface area contributed by atoms with E-state index in [1.165, 1.54) is 23.9 Å². The second-order valence-corrected chi connectivity index (χ2v) is 4.77. The van der Waals surface area contributed by atoms with E-state index in [4.69, 9.17) is 5.11 Å². The zero-order valence-corrected chi connectivity index (χ0v) is 11.7. The van der Waals surface area contributed by atoms with Crippen molar-refractivity contribution in [1.82, 2.24) is 4.98 Å². The number of aryl methyl sites for hydroxylation is 2. The molecular weight excluding hydrogens is 268 g/mol. The Morgan fingerprint density at radius 1 is 1.14 bits per heavy atom. The Balaban J connectivity index is 1.86. The lowest BCUT2D eigenvalue weighted by atomic mass is 10.1. The van der Waals surface area contributed by atoms with Gasteiger partial charge in [-0.3, -0.25) is 4.79 Å². The van der Waals surface area contributed by atoms with Crippen LogP contribution < -0.4 is 5.32 Å². The van der Waals surface area contributed by atoms with Crippen LogP contribution in [0.2, 0.25) is 0 Å². The van der Waals surface area contributed by atoms with Gasteiger partial charge in [-0.25, -0.2) is 9.78 Å². The highest BCUT2D eigenvalue weighted by Gasteiger charge is 2.06. The largest absolute Gasteiger partial charge is 0.478 e. The number of hydrogen-bond acceptors (Lipinski definition) is 3. The van der Waals surface area contributed by atoms with E-state index in [2.05, 4.69) is 10.3 Å². The van der Waals surface area contributed by atoms with Gasteiger partial charge < -0.3 is 10.4 Å². The molecule has 0 radical (unpaired) electrons. The molecule has 1 heterocycles. The van der Waals surface area contributed by atoms with Crippen LogP contribution in [0.1, 0.15) is 27.9 Å². The number of carbonyl (C=O) groups excluding carboxylic acids is 1. The molecule has 0 aliphatic rings. The minimum atomic E-state index is -1.04. The van der Waals surface area contributed by atoms with Crippen molar-refractivity contribution >= 4 is 17.7 Å². The monoisotopic (exact) mass is 284 g/mol. The zero-order chi connectivity index (χ0) is 15.2. The van der Waals surface area contributed by atoms with Crippen LogP contribution in [0, 0.1) is 6.92 Å². The van der Waals surface area contributed by atoms with Crippen molar-refractivity contribution in [2.75, 3.05) is 5.32 Å². The summed E-state index contributed by atoms with van der Waals surface area (Å²) < 4.78 is 0. The first kappa shape index (κ1) is 14.7. The Morgan fingerprint density at radius 3 is 2.43 bits per heavy atom. The predicted molar refractivity (Wildman–Crippen MR) is 79.3 cm³/mol. The van der Waals surface area contributed by atoms with E-state index in [1.807, 2.05) is 31.2 Å². The quantitative estimate of drug-likeness (QED) is 0.884. The summed E-state index contributed by atoms with van der Waals surface area (Å²) in [5.74, 6) is -0.834. The lowest BCUT2D eigenvalue weighted by Gasteiger charge is -2.05. The third-order valence-corrected chi connectivity index (χ3v) is 3.04. The van der Waals surface area contributed by atoms with Gasteiger partial charge in [-0.05, 0) is 31.0 Å². The van der Waals surface area contributed by atoms with Gasteiger partial charge in [0, 0.05) is 12.6 Å². The summed E-state index contributed by atoms with van der Waals surface area (Å²) in [5, 5.41) is 11.4. The first-order chi connectivity index (χ1) is 10.0. The van der Waals surface area contributed by atoms with Crippen LogP contribution >= 0.6 is 0 Å². The van der Waals surface area contributed by atoms with E-state index in [1.54, 1.807) is 0 Å². The highest BCUT2D eigenvalue weighted by atomic mass is 16.4. The van der Waals surface area contributed by atoms with Gasteiger partial charge in [-0.2, -0.15) is 0 Å². The van der Waals surface area contributed by atoms with Crippen LogP contribution in [0.5, 0.6) is 0 Å². The first-order valence-corrected chi connectivity index (χ1v) is 6.59. The smallest absolute Gasteiger partial charge is 0.337 e.